The van der Waals surface area contributed by atoms with E-state index in [0.717, 1.165) is 18.2 Å². The fraction of sp³-hybridized carbons (Fsp3) is 0.111. The van der Waals surface area contributed by atoms with Crippen LogP contribution in [0.3, 0.4) is 0 Å². The van der Waals surface area contributed by atoms with Gasteiger partial charge in [0.1, 0.15) is 5.82 Å². The molecule has 2 rings (SSSR count). The molecule has 1 heterocycles. The Kier molecular flexibility index (Phi) is 2.45. The minimum Gasteiger partial charge on any atom is -0.448 e. The van der Waals surface area contributed by atoms with E-state index in [9.17, 15) is 26.9 Å². The van der Waals surface area contributed by atoms with Crippen molar-refractivity contribution >= 4 is 24.4 Å². The molecular weight excluding hydrogens is 241 g/mol. The molecule has 0 aliphatic carbocycles. The predicted octanol–water partition coefficient (Wildman–Crippen LogP) is 1.74. The first kappa shape index (κ1) is 11.6. The predicted molar refractivity (Wildman–Crippen MR) is 52.2 cm³/mol. The van der Waals surface area contributed by atoms with Crippen molar-refractivity contribution < 1.29 is 26.9 Å². The van der Waals surface area contributed by atoms with Gasteiger partial charge in [-0.3, -0.25) is 9.59 Å². The number of amides is 1. The summed E-state index contributed by atoms with van der Waals surface area (Å²) in [7, 11) is 0. The highest BCUT2D eigenvalue weighted by Gasteiger charge is 2.40. The van der Waals surface area contributed by atoms with Gasteiger partial charge < -0.3 is 17.8 Å². The maximum absolute atomic E-state index is 12.9. The number of benzene rings is 1. The molecule has 0 saturated carbocycles. The first-order valence-electron chi connectivity index (χ1n) is 4.66. The van der Waals surface area contributed by atoms with Gasteiger partial charge in [0.25, 0.3) is 11.7 Å². The summed E-state index contributed by atoms with van der Waals surface area (Å²) in [6.45, 7) is -5.28. The minimum atomic E-state index is -5.28. The second kappa shape index (κ2) is 3.58. The van der Waals surface area contributed by atoms with E-state index in [1.807, 2.05) is 0 Å². The highest BCUT2D eigenvalue weighted by atomic mass is 19.4. The van der Waals surface area contributed by atoms with E-state index >= 15 is 0 Å². The molecule has 0 fully saturated rings. The number of hydrogen-bond acceptors (Lipinski definition) is 2. The number of halogens is 4. The van der Waals surface area contributed by atoms with Crippen molar-refractivity contribution in [1.82, 2.24) is 0 Å². The standard InChI is InChI=1S/C9H5BF4NO2/c11-5-1-2-6-7(3-5)15(4-10(12,13)14)9(17)8(6)16/h1-3H,4H2/q-1. The van der Waals surface area contributed by atoms with Crippen molar-refractivity contribution in [1.29, 1.82) is 0 Å². The molecule has 0 radical (unpaired) electrons. The molecule has 0 bridgehead atoms. The van der Waals surface area contributed by atoms with Gasteiger partial charge in [-0.2, -0.15) is 0 Å². The van der Waals surface area contributed by atoms with Crippen molar-refractivity contribution in [3.8, 4) is 0 Å². The van der Waals surface area contributed by atoms with Crippen LogP contribution in [0, 0.1) is 5.82 Å². The lowest BCUT2D eigenvalue weighted by atomic mass is 9.91. The molecule has 0 atom stereocenters. The lowest BCUT2D eigenvalue weighted by Crippen LogP contribution is -2.41. The average Bonchev–Trinajstić information content (AvgIpc) is 2.42. The van der Waals surface area contributed by atoms with Crippen LogP contribution in [-0.2, 0) is 4.79 Å². The summed E-state index contributed by atoms with van der Waals surface area (Å²) >= 11 is 0. The third kappa shape index (κ3) is 2.02. The number of rotatable bonds is 2. The second-order valence-electron chi connectivity index (χ2n) is 3.62. The van der Waals surface area contributed by atoms with Crippen LogP contribution < -0.4 is 4.90 Å². The van der Waals surface area contributed by atoms with E-state index in [1.54, 1.807) is 0 Å². The lowest BCUT2D eigenvalue weighted by Gasteiger charge is -2.23. The molecule has 90 valence electrons. The number of ketones is 1. The first-order chi connectivity index (χ1) is 7.79. The van der Waals surface area contributed by atoms with Gasteiger partial charge >= 0.3 is 6.98 Å². The number of fused-ring (bicyclic) bond motifs is 1. The number of anilines is 1. The lowest BCUT2D eigenvalue weighted by molar-refractivity contribution is -0.114. The second-order valence-corrected chi connectivity index (χ2v) is 3.62. The zero-order valence-electron chi connectivity index (χ0n) is 8.29. The van der Waals surface area contributed by atoms with Crippen molar-refractivity contribution in [3.63, 3.8) is 0 Å². The molecule has 0 spiro atoms. The molecule has 1 aromatic carbocycles. The Morgan fingerprint density at radius 3 is 2.41 bits per heavy atom. The molecule has 1 aliphatic rings. The van der Waals surface area contributed by atoms with Crippen molar-refractivity contribution in [2.24, 2.45) is 0 Å². The molecular formula is C9H5BF4NO2-. The molecule has 0 N–H and O–H groups in total. The van der Waals surface area contributed by atoms with E-state index in [1.165, 1.54) is 0 Å². The van der Waals surface area contributed by atoms with Gasteiger partial charge in [0.05, 0.1) is 11.3 Å². The monoisotopic (exact) mass is 246 g/mol. The van der Waals surface area contributed by atoms with Crippen LogP contribution in [-0.4, -0.2) is 25.1 Å². The Morgan fingerprint density at radius 1 is 1.18 bits per heavy atom. The number of carbonyl (C=O) groups is 2. The largest absolute Gasteiger partial charge is 0.497 e. The van der Waals surface area contributed by atoms with Crippen LogP contribution in [0.1, 0.15) is 10.4 Å². The highest BCUT2D eigenvalue weighted by Crippen LogP contribution is 2.31. The number of carbonyl (C=O) groups excluding carboxylic acids is 2. The zero-order valence-corrected chi connectivity index (χ0v) is 8.29. The maximum Gasteiger partial charge on any atom is 0.497 e. The number of hydrogen-bond donors (Lipinski definition) is 0. The van der Waals surface area contributed by atoms with E-state index < -0.39 is 30.9 Å². The molecule has 0 unspecified atom stereocenters. The van der Waals surface area contributed by atoms with Gasteiger partial charge in [-0.1, -0.05) is 0 Å². The van der Waals surface area contributed by atoms with Crippen molar-refractivity contribution in [3.05, 3.63) is 29.6 Å². The Bertz CT molecular complexity index is 514. The van der Waals surface area contributed by atoms with Gasteiger partial charge in [0, 0.05) is 0 Å². The fourth-order valence-electron chi connectivity index (χ4n) is 1.66. The molecule has 0 aromatic heterocycles. The summed E-state index contributed by atoms with van der Waals surface area (Å²) in [6.07, 6.45) is -1.54. The van der Waals surface area contributed by atoms with Crippen LogP contribution in [0.15, 0.2) is 18.2 Å². The zero-order chi connectivity index (χ0) is 12.8. The number of Topliss-reactive ketones (excluding diaryl/α,β-unsaturated/α-hetero) is 1. The topological polar surface area (TPSA) is 37.4 Å². The Morgan fingerprint density at radius 2 is 1.82 bits per heavy atom. The van der Waals surface area contributed by atoms with Crippen LogP contribution in [0.4, 0.5) is 23.0 Å². The van der Waals surface area contributed by atoms with Crippen LogP contribution in [0.5, 0.6) is 0 Å². The molecule has 8 heteroatoms. The Hall–Kier alpha value is -1.86. The fourth-order valence-corrected chi connectivity index (χ4v) is 1.66. The molecule has 1 aliphatic heterocycles. The van der Waals surface area contributed by atoms with Gasteiger partial charge in [-0.25, -0.2) is 4.39 Å². The third-order valence-corrected chi connectivity index (χ3v) is 2.32. The molecule has 1 aromatic rings. The minimum absolute atomic E-state index is 0.198. The molecule has 3 nitrogen and oxygen atoms in total. The van der Waals surface area contributed by atoms with E-state index in [0.29, 0.717) is 0 Å². The van der Waals surface area contributed by atoms with Crippen molar-refractivity contribution in [2.45, 2.75) is 0 Å². The summed E-state index contributed by atoms with van der Waals surface area (Å²) in [5.41, 5.74) is -0.518. The SMILES string of the molecule is O=C1C(=O)N(C[B-](F)(F)F)c2cc(F)ccc21. The van der Waals surface area contributed by atoms with E-state index in [4.69, 9.17) is 0 Å². The number of nitrogens with zero attached hydrogens (tertiary/aromatic N) is 1. The third-order valence-electron chi connectivity index (χ3n) is 2.32. The Labute approximate surface area is 93.1 Å². The smallest absolute Gasteiger partial charge is 0.448 e. The van der Waals surface area contributed by atoms with Gasteiger partial charge in [-0.15, -0.1) is 0 Å². The summed E-state index contributed by atoms with van der Waals surface area (Å²) < 4.78 is 49.7. The Balaban J connectivity index is 2.46. The average molecular weight is 246 g/mol. The summed E-state index contributed by atoms with van der Waals surface area (Å²) in [4.78, 5) is 22.9. The first-order valence-corrected chi connectivity index (χ1v) is 4.66. The molecule has 17 heavy (non-hydrogen) atoms. The normalized spacial score (nSPS) is 15.4. The van der Waals surface area contributed by atoms with Gasteiger partial charge in [-0.05, 0) is 24.6 Å². The highest BCUT2D eigenvalue weighted by molar-refractivity contribution is 6.62. The van der Waals surface area contributed by atoms with E-state index in [-0.39, 0.29) is 16.2 Å². The van der Waals surface area contributed by atoms with Crippen LogP contribution in [0.2, 0.25) is 0 Å². The van der Waals surface area contributed by atoms with Gasteiger partial charge in [0.15, 0.2) is 0 Å². The van der Waals surface area contributed by atoms with Crippen LogP contribution in [0.25, 0.3) is 0 Å². The van der Waals surface area contributed by atoms with E-state index in [2.05, 4.69) is 0 Å². The summed E-state index contributed by atoms with van der Waals surface area (Å²) in [6, 6.07) is 2.68. The molecule has 1 amide bonds. The van der Waals surface area contributed by atoms with Gasteiger partial charge in [0.2, 0.25) is 0 Å². The summed E-state index contributed by atoms with van der Waals surface area (Å²) in [5, 5.41) is 0. The maximum atomic E-state index is 12.9. The van der Waals surface area contributed by atoms with Crippen molar-refractivity contribution in [2.75, 3.05) is 11.3 Å². The molecule has 0 saturated heterocycles. The summed E-state index contributed by atoms with van der Waals surface area (Å²) in [5.74, 6) is -3.12. The van der Waals surface area contributed by atoms with Crippen LogP contribution >= 0.6 is 0 Å². The quantitative estimate of drug-likeness (QED) is 0.452.